The highest BCUT2D eigenvalue weighted by atomic mass is 32.2. The Balaban J connectivity index is 1.64. The molecule has 4 nitrogen and oxygen atoms in total. The van der Waals surface area contributed by atoms with Crippen LogP contribution in [0, 0.1) is 0 Å². The first kappa shape index (κ1) is 17.2. The lowest BCUT2D eigenvalue weighted by Crippen LogP contribution is -2.39. The first-order valence-electron chi connectivity index (χ1n) is 9.36. The minimum Gasteiger partial charge on any atom is -0.315 e. The van der Waals surface area contributed by atoms with Crippen LogP contribution in [0.3, 0.4) is 0 Å². The van der Waals surface area contributed by atoms with E-state index in [4.69, 9.17) is 0 Å². The molecule has 2 heterocycles. The van der Waals surface area contributed by atoms with Gasteiger partial charge >= 0.3 is 0 Å². The van der Waals surface area contributed by atoms with Gasteiger partial charge in [0.2, 0.25) is 0 Å². The number of hydrogen-bond acceptors (Lipinski definition) is 3. The zero-order valence-electron chi connectivity index (χ0n) is 15.2. The van der Waals surface area contributed by atoms with Gasteiger partial charge in [-0.05, 0) is 35.4 Å². The molecule has 1 aromatic heterocycles. The molecule has 0 saturated carbocycles. The monoisotopic (exact) mass is 388 g/mol. The van der Waals surface area contributed by atoms with Gasteiger partial charge in [-0.15, -0.1) is 0 Å². The Bertz CT molecular complexity index is 1260. The van der Waals surface area contributed by atoms with Gasteiger partial charge < -0.3 is 5.32 Å². The van der Waals surface area contributed by atoms with Crippen LogP contribution in [0.5, 0.6) is 0 Å². The van der Waals surface area contributed by atoms with Crippen LogP contribution in [0.2, 0.25) is 0 Å². The van der Waals surface area contributed by atoms with E-state index in [1.807, 2.05) is 60.7 Å². The van der Waals surface area contributed by atoms with Crippen molar-refractivity contribution in [3.8, 4) is 11.1 Å². The molecular weight excluding hydrogens is 368 g/mol. The second-order valence-corrected chi connectivity index (χ2v) is 8.94. The molecule has 5 heteroatoms. The minimum absolute atomic E-state index is 0.311. The third-order valence-corrected chi connectivity index (χ3v) is 7.19. The Morgan fingerprint density at radius 1 is 0.857 bits per heavy atom. The van der Waals surface area contributed by atoms with Gasteiger partial charge in [0.1, 0.15) is 0 Å². The highest BCUT2D eigenvalue weighted by Gasteiger charge is 2.24. The molecule has 1 fully saturated rings. The zero-order chi connectivity index (χ0) is 19.1. The molecule has 5 rings (SSSR count). The molecule has 140 valence electrons. The van der Waals surface area contributed by atoms with E-state index in [2.05, 4.69) is 11.4 Å². The number of rotatable bonds is 4. The molecular formula is C23H20N2O2S. The van der Waals surface area contributed by atoms with Gasteiger partial charge in [0.25, 0.3) is 10.0 Å². The van der Waals surface area contributed by atoms with Crippen molar-refractivity contribution in [2.45, 2.75) is 10.8 Å². The Morgan fingerprint density at radius 2 is 1.61 bits per heavy atom. The van der Waals surface area contributed by atoms with Crippen molar-refractivity contribution in [2.24, 2.45) is 0 Å². The summed E-state index contributed by atoms with van der Waals surface area (Å²) in [6.45, 7) is 1.96. The maximum Gasteiger partial charge on any atom is 0.268 e. The quantitative estimate of drug-likeness (QED) is 0.569. The minimum atomic E-state index is -3.72. The van der Waals surface area contributed by atoms with E-state index in [9.17, 15) is 8.42 Å². The summed E-state index contributed by atoms with van der Waals surface area (Å²) >= 11 is 0. The first-order chi connectivity index (χ1) is 13.6. The van der Waals surface area contributed by atoms with Crippen molar-refractivity contribution in [1.29, 1.82) is 0 Å². The van der Waals surface area contributed by atoms with Gasteiger partial charge in [0.15, 0.2) is 0 Å². The number of aromatic nitrogens is 1. The fraction of sp³-hybridized carbons (Fsp3) is 0.130. The van der Waals surface area contributed by atoms with E-state index < -0.39 is 10.0 Å². The smallest absolute Gasteiger partial charge is 0.268 e. The van der Waals surface area contributed by atoms with Crippen molar-refractivity contribution in [2.75, 3.05) is 13.1 Å². The maximum atomic E-state index is 13.5. The fourth-order valence-electron chi connectivity index (χ4n) is 3.78. The molecule has 28 heavy (non-hydrogen) atoms. The largest absolute Gasteiger partial charge is 0.315 e. The molecule has 0 bridgehead atoms. The summed E-state index contributed by atoms with van der Waals surface area (Å²) in [6.07, 6.45) is 1.66. The average molecular weight is 388 g/mol. The van der Waals surface area contributed by atoms with Gasteiger partial charge in [-0.1, -0.05) is 54.6 Å². The van der Waals surface area contributed by atoms with E-state index in [1.54, 1.807) is 18.3 Å². The van der Waals surface area contributed by atoms with Crippen molar-refractivity contribution < 1.29 is 8.42 Å². The molecule has 0 unspecified atom stereocenters. The topological polar surface area (TPSA) is 51.1 Å². The van der Waals surface area contributed by atoms with Gasteiger partial charge in [-0.25, -0.2) is 12.4 Å². The van der Waals surface area contributed by atoms with Crippen LogP contribution >= 0.6 is 0 Å². The lowest BCUT2D eigenvalue weighted by Gasteiger charge is -2.27. The lowest BCUT2D eigenvalue weighted by molar-refractivity contribution is 0.449. The second-order valence-electron chi connectivity index (χ2n) is 7.15. The predicted octanol–water partition coefficient (Wildman–Crippen LogP) is 4.23. The lowest BCUT2D eigenvalue weighted by atomic mass is 9.93. The molecule has 0 aliphatic carbocycles. The van der Waals surface area contributed by atoms with Crippen LogP contribution in [0.25, 0.3) is 22.0 Å². The van der Waals surface area contributed by atoms with Gasteiger partial charge in [0.05, 0.1) is 10.4 Å². The van der Waals surface area contributed by atoms with Gasteiger partial charge in [0, 0.05) is 36.2 Å². The summed E-state index contributed by atoms with van der Waals surface area (Å²) in [7, 11) is -3.72. The molecule has 1 aliphatic heterocycles. The Labute approximate surface area is 164 Å². The van der Waals surface area contributed by atoms with Crippen LogP contribution in [-0.4, -0.2) is 25.5 Å². The maximum absolute atomic E-state index is 13.5. The SMILES string of the molecule is O=S(=O)(c1ccccc1-c1ccccc1)n1ccc2cc(C3CNC3)ccc21. The van der Waals surface area contributed by atoms with Crippen LogP contribution < -0.4 is 5.32 Å². The van der Waals surface area contributed by atoms with Crippen molar-refractivity contribution in [1.82, 2.24) is 9.29 Å². The summed E-state index contributed by atoms with van der Waals surface area (Å²) < 4.78 is 28.5. The third-order valence-electron chi connectivity index (χ3n) is 5.44. The molecule has 0 radical (unpaired) electrons. The van der Waals surface area contributed by atoms with E-state index >= 15 is 0 Å². The van der Waals surface area contributed by atoms with Crippen LogP contribution in [0.4, 0.5) is 0 Å². The molecule has 1 saturated heterocycles. The number of benzene rings is 3. The van der Waals surface area contributed by atoms with E-state index in [0.29, 0.717) is 21.9 Å². The average Bonchev–Trinajstić information content (AvgIpc) is 3.11. The number of nitrogens with zero attached hydrogens (tertiary/aromatic N) is 1. The number of fused-ring (bicyclic) bond motifs is 1. The highest BCUT2D eigenvalue weighted by Crippen LogP contribution is 2.31. The molecule has 0 spiro atoms. The number of hydrogen-bond donors (Lipinski definition) is 1. The van der Waals surface area contributed by atoms with Crippen LogP contribution in [0.15, 0.2) is 90.0 Å². The molecule has 4 aromatic rings. The molecule has 1 aliphatic rings. The van der Waals surface area contributed by atoms with E-state index in [0.717, 1.165) is 24.0 Å². The summed E-state index contributed by atoms with van der Waals surface area (Å²) in [4.78, 5) is 0.311. The molecule has 1 N–H and O–H groups in total. The molecule has 0 atom stereocenters. The fourth-order valence-corrected chi connectivity index (χ4v) is 5.35. The predicted molar refractivity (Wildman–Crippen MR) is 112 cm³/mol. The van der Waals surface area contributed by atoms with E-state index in [1.165, 1.54) is 9.54 Å². The number of nitrogens with one attached hydrogen (secondary N) is 1. The van der Waals surface area contributed by atoms with Crippen molar-refractivity contribution in [3.63, 3.8) is 0 Å². The standard InChI is InChI=1S/C23H20N2O2S/c26-28(27,23-9-5-4-8-21(23)17-6-2-1-3-7-17)25-13-12-19-14-18(10-11-22(19)25)20-15-24-16-20/h1-14,20,24H,15-16H2. The molecule has 3 aromatic carbocycles. The normalized spacial score (nSPS) is 14.9. The Hall–Kier alpha value is -2.89. The van der Waals surface area contributed by atoms with E-state index in [-0.39, 0.29) is 0 Å². The highest BCUT2D eigenvalue weighted by molar-refractivity contribution is 7.90. The van der Waals surface area contributed by atoms with Crippen LogP contribution in [0.1, 0.15) is 11.5 Å². The second kappa shape index (κ2) is 6.62. The van der Waals surface area contributed by atoms with Crippen molar-refractivity contribution >= 4 is 20.9 Å². The summed E-state index contributed by atoms with van der Waals surface area (Å²) in [5.41, 5.74) is 3.56. The zero-order valence-corrected chi connectivity index (χ0v) is 16.1. The molecule has 0 amide bonds. The van der Waals surface area contributed by atoms with Gasteiger partial charge in [-0.2, -0.15) is 0 Å². The van der Waals surface area contributed by atoms with Gasteiger partial charge in [-0.3, -0.25) is 0 Å². The van der Waals surface area contributed by atoms with Crippen LogP contribution in [-0.2, 0) is 10.0 Å². The van der Waals surface area contributed by atoms with Crippen molar-refractivity contribution in [3.05, 3.63) is 90.6 Å². The Morgan fingerprint density at radius 3 is 2.36 bits per heavy atom. The Kier molecular flexibility index (Phi) is 4.07. The summed E-state index contributed by atoms with van der Waals surface area (Å²) in [6, 6.07) is 24.8. The summed E-state index contributed by atoms with van der Waals surface area (Å²) in [5.74, 6) is 0.517. The first-order valence-corrected chi connectivity index (χ1v) is 10.8. The summed E-state index contributed by atoms with van der Waals surface area (Å²) in [5, 5.41) is 4.23. The third kappa shape index (κ3) is 2.75.